The zero-order chi connectivity index (χ0) is 13.2. The molecule has 4 heteroatoms. The van der Waals surface area contributed by atoms with Gasteiger partial charge in [0.1, 0.15) is 0 Å². The Labute approximate surface area is 114 Å². The summed E-state index contributed by atoms with van der Waals surface area (Å²) in [7, 11) is 1.67. The van der Waals surface area contributed by atoms with Crippen molar-refractivity contribution < 1.29 is 14.3 Å². The first-order chi connectivity index (χ1) is 9.28. The number of fused-ring (bicyclic) bond motifs is 2. The monoisotopic (exact) mass is 265 g/mol. The maximum Gasteiger partial charge on any atom is 0.224 e. The topological polar surface area (TPSA) is 47.6 Å². The average Bonchev–Trinajstić information content (AvgIpc) is 3.14. The second kappa shape index (κ2) is 5.63. The van der Waals surface area contributed by atoms with Gasteiger partial charge in [0.05, 0.1) is 18.8 Å². The van der Waals surface area contributed by atoms with Crippen molar-refractivity contribution >= 4 is 5.91 Å². The van der Waals surface area contributed by atoms with Crippen LogP contribution in [0.25, 0.3) is 0 Å². The lowest BCUT2D eigenvalue weighted by atomic mass is 9.92. The van der Waals surface area contributed by atoms with Crippen LogP contribution in [-0.2, 0) is 14.3 Å². The molecular weight excluding hydrogens is 242 g/mol. The summed E-state index contributed by atoms with van der Waals surface area (Å²) in [4.78, 5) is 12.4. The molecule has 1 heterocycles. The summed E-state index contributed by atoms with van der Waals surface area (Å²) in [6.45, 7) is 1.34. The molecular formula is C15H23NO3. The number of ether oxygens (including phenoxy) is 2. The van der Waals surface area contributed by atoms with Crippen molar-refractivity contribution in [1.82, 2.24) is 5.32 Å². The van der Waals surface area contributed by atoms with Crippen molar-refractivity contribution in [3.05, 3.63) is 12.2 Å². The van der Waals surface area contributed by atoms with E-state index in [0.29, 0.717) is 18.4 Å². The number of nitrogens with one attached hydrogen (secondary N) is 1. The minimum atomic E-state index is 0.00288. The molecule has 5 atom stereocenters. The first kappa shape index (κ1) is 13.1. The second-order valence-electron chi connectivity index (χ2n) is 6.01. The molecule has 1 aliphatic heterocycles. The second-order valence-corrected chi connectivity index (χ2v) is 6.01. The van der Waals surface area contributed by atoms with Crippen LogP contribution in [0.2, 0.25) is 0 Å². The van der Waals surface area contributed by atoms with Crippen LogP contribution in [0.4, 0.5) is 0 Å². The summed E-state index contributed by atoms with van der Waals surface area (Å²) in [6, 6.07) is 0.00288. The van der Waals surface area contributed by atoms with Crippen LogP contribution in [0.3, 0.4) is 0 Å². The van der Waals surface area contributed by atoms with Crippen molar-refractivity contribution in [2.24, 2.45) is 17.8 Å². The highest BCUT2D eigenvalue weighted by molar-refractivity contribution is 5.80. The molecule has 2 bridgehead atoms. The van der Waals surface area contributed by atoms with E-state index in [1.54, 1.807) is 7.11 Å². The zero-order valence-corrected chi connectivity index (χ0v) is 11.5. The molecule has 0 aromatic rings. The van der Waals surface area contributed by atoms with Crippen LogP contribution in [0.1, 0.15) is 25.7 Å². The van der Waals surface area contributed by atoms with Gasteiger partial charge in [-0.1, -0.05) is 12.2 Å². The molecule has 0 spiro atoms. The van der Waals surface area contributed by atoms with E-state index in [0.717, 1.165) is 32.3 Å². The van der Waals surface area contributed by atoms with Crippen LogP contribution in [0, 0.1) is 17.8 Å². The average molecular weight is 265 g/mol. The Morgan fingerprint density at radius 1 is 1.47 bits per heavy atom. The lowest BCUT2D eigenvalue weighted by Crippen LogP contribution is -2.48. The molecule has 106 valence electrons. The van der Waals surface area contributed by atoms with Gasteiger partial charge in [0.25, 0.3) is 0 Å². The molecule has 1 N–H and O–H groups in total. The van der Waals surface area contributed by atoms with Gasteiger partial charge in [0.15, 0.2) is 0 Å². The number of hydrogen-bond acceptors (Lipinski definition) is 3. The number of carbonyl (C=O) groups excluding carboxylic acids is 1. The quantitative estimate of drug-likeness (QED) is 0.767. The highest BCUT2D eigenvalue weighted by atomic mass is 16.5. The third-order valence-corrected chi connectivity index (χ3v) is 4.70. The normalized spacial score (nSPS) is 37.7. The minimum absolute atomic E-state index is 0.00288. The van der Waals surface area contributed by atoms with E-state index >= 15 is 0 Å². The van der Waals surface area contributed by atoms with Gasteiger partial charge in [-0.2, -0.15) is 0 Å². The third kappa shape index (κ3) is 2.70. The highest BCUT2D eigenvalue weighted by Gasteiger charge is 2.41. The van der Waals surface area contributed by atoms with Crippen molar-refractivity contribution in [3.8, 4) is 0 Å². The maximum atomic E-state index is 12.4. The van der Waals surface area contributed by atoms with Gasteiger partial charge in [-0.05, 0) is 37.5 Å². The van der Waals surface area contributed by atoms with E-state index in [1.807, 2.05) is 0 Å². The largest absolute Gasteiger partial charge is 0.382 e. The summed E-state index contributed by atoms with van der Waals surface area (Å²) in [5, 5.41) is 3.16. The fourth-order valence-electron chi connectivity index (χ4n) is 3.71. The molecule has 0 aromatic carbocycles. The fraction of sp³-hybridized carbons (Fsp3) is 0.800. The Bertz CT molecular complexity index is 362. The summed E-state index contributed by atoms with van der Waals surface area (Å²) in [5.41, 5.74) is 0. The van der Waals surface area contributed by atoms with Gasteiger partial charge >= 0.3 is 0 Å². The molecule has 3 rings (SSSR count). The molecule has 0 aromatic heterocycles. The standard InChI is InChI=1S/C15H23NO3/c1-18-9-13(14-3-2-6-19-14)16-15(17)12-8-10-4-5-11(12)7-10/h4-5,10-14H,2-3,6-9H2,1H3,(H,16,17). The number of carbonyl (C=O) groups is 1. The van der Waals surface area contributed by atoms with Crippen LogP contribution < -0.4 is 5.32 Å². The lowest BCUT2D eigenvalue weighted by molar-refractivity contribution is -0.128. The van der Waals surface area contributed by atoms with E-state index in [2.05, 4.69) is 17.5 Å². The molecule has 1 saturated heterocycles. The third-order valence-electron chi connectivity index (χ3n) is 4.70. The Morgan fingerprint density at radius 3 is 2.95 bits per heavy atom. The Morgan fingerprint density at radius 2 is 2.37 bits per heavy atom. The Hall–Kier alpha value is -0.870. The number of rotatable bonds is 5. The van der Waals surface area contributed by atoms with Gasteiger partial charge in [0, 0.05) is 19.6 Å². The SMILES string of the molecule is COCC(NC(=O)C1CC2C=CC1C2)C1CCCO1. The van der Waals surface area contributed by atoms with Crippen molar-refractivity contribution in [1.29, 1.82) is 0 Å². The first-order valence-electron chi connectivity index (χ1n) is 7.37. The van der Waals surface area contributed by atoms with Gasteiger partial charge in [-0.3, -0.25) is 4.79 Å². The Kier molecular flexibility index (Phi) is 3.89. The molecule has 5 unspecified atom stereocenters. The summed E-state index contributed by atoms with van der Waals surface area (Å²) in [6.07, 6.45) is 8.88. The van der Waals surface area contributed by atoms with Crippen LogP contribution in [0.5, 0.6) is 0 Å². The molecule has 1 amide bonds. The molecule has 2 aliphatic carbocycles. The minimum Gasteiger partial charge on any atom is -0.382 e. The molecule has 19 heavy (non-hydrogen) atoms. The number of allylic oxidation sites excluding steroid dienone is 2. The molecule has 4 nitrogen and oxygen atoms in total. The van der Waals surface area contributed by atoms with E-state index in [-0.39, 0.29) is 24.0 Å². The smallest absolute Gasteiger partial charge is 0.224 e. The predicted molar refractivity (Wildman–Crippen MR) is 71.6 cm³/mol. The predicted octanol–water partition coefficient (Wildman–Crippen LogP) is 1.51. The van der Waals surface area contributed by atoms with E-state index in [1.165, 1.54) is 0 Å². The van der Waals surface area contributed by atoms with Crippen LogP contribution >= 0.6 is 0 Å². The number of amides is 1. The maximum absolute atomic E-state index is 12.4. The van der Waals surface area contributed by atoms with Crippen molar-refractivity contribution in [2.75, 3.05) is 20.3 Å². The van der Waals surface area contributed by atoms with Crippen molar-refractivity contribution in [2.45, 2.75) is 37.8 Å². The van der Waals surface area contributed by atoms with Crippen LogP contribution in [0.15, 0.2) is 12.2 Å². The molecule has 0 radical (unpaired) electrons. The first-order valence-corrected chi connectivity index (χ1v) is 7.37. The summed E-state index contributed by atoms with van der Waals surface area (Å²) < 4.78 is 10.9. The molecule has 2 fully saturated rings. The Balaban J connectivity index is 1.58. The van der Waals surface area contributed by atoms with Gasteiger partial charge < -0.3 is 14.8 Å². The van der Waals surface area contributed by atoms with Crippen molar-refractivity contribution in [3.63, 3.8) is 0 Å². The van der Waals surface area contributed by atoms with Gasteiger partial charge in [-0.15, -0.1) is 0 Å². The zero-order valence-electron chi connectivity index (χ0n) is 11.5. The van der Waals surface area contributed by atoms with Gasteiger partial charge in [0.2, 0.25) is 5.91 Å². The molecule has 3 aliphatic rings. The van der Waals surface area contributed by atoms with Crippen LogP contribution in [-0.4, -0.2) is 38.4 Å². The molecule has 1 saturated carbocycles. The lowest BCUT2D eigenvalue weighted by Gasteiger charge is -2.26. The highest BCUT2D eigenvalue weighted by Crippen LogP contribution is 2.43. The number of methoxy groups -OCH3 is 1. The number of hydrogen-bond donors (Lipinski definition) is 1. The van der Waals surface area contributed by atoms with E-state index in [4.69, 9.17) is 9.47 Å². The summed E-state index contributed by atoms with van der Waals surface area (Å²) in [5.74, 6) is 1.44. The fourth-order valence-corrected chi connectivity index (χ4v) is 3.71. The van der Waals surface area contributed by atoms with Gasteiger partial charge in [-0.25, -0.2) is 0 Å². The summed E-state index contributed by atoms with van der Waals surface area (Å²) >= 11 is 0. The van der Waals surface area contributed by atoms with E-state index < -0.39 is 0 Å². The van der Waals surface area contributed by atoms with E-state index in [9.17, 15) is 4.79 Å².